The van der Waals surface area contributed by atoms with Crippen molar-refractivity contribution in [2.45, 2.75) is 195 Å². The number of aliphatic hydroxyl groups excluding tert-OH is 2. The molecule has 0 aliphatic carbocycles. The number of carbonyl (C=O) groups is 17. The first-order chi connectivity index (χ1) is 63.1. The number of likely N-dealkylation sites (N-methyl/N-ethyl adjacent to an activating group) is 3. The van der Waals surface area contributed by atoms with Gasteiger partial charge in [0.2, 0.25) is 94.5 Å². The van der Waals surface area contributed by atoms with E-state index in [4.69, 9.17) is 17.2 Å². The Bertz CT molecular complexity index is 5220. The Labute approximate surface area is 767 Å². The fourth-order valence-corrected chi connectivity index (χ4v) is 16.9. The highest BCUT2D eigenvalue weighted by Gasteiger charge is 2.48. The van der Waals surface area contributed by atoms with E-state index < -0.39 is 303 Å². The number of benzene rings is 5. The predicted octanol–water partition coefficient (Wildman–Crippen LogP) is -2.02. The Kier molecular flexibility index (Phi) is 37.3. The van der Waals surface area contributed by atoms with Gasteiger partial charge < -0.3 is 115 Å². The maximum Gasteiger partial charge on any atom is 0.305 e. The number of para-hydroxylation sites is 1. The van der Waals surface area contributed by atoms with Gasteiger partial charge in [0.15, 0.2) is 17.5 Å². The number of carbonyl (C=O) groups excluding carboxylic acids is 16. The molecule has 0 spiro atoms. The van der Waals surface area contributed by atoms with Crippen molar-refractivity contribution in [3.8, 4) is 5.75 Å². The Balaban J connectivity index is 1.13. The lowest BCUT2D eigenvalue weighted by Crippen LogP contribution is -2.62. The number of halogens is 3. The van der Waals surface area contributed by atoms with E-state index in [1.807, 2.05) is 0 Å². The molecule has 0 saturated carbocycles. The van der Waals surface area contributed by atoms with Crippen molar-refractivity contribution in [3.05, 3.63) is 173 Å². The van der Waals surface area contributed by atoms with Gasteiger partial charge in [-0.3, -0.25) is 81.5 Å². The van der Waals surface area contributed by atoms with Gasteiger partial charge in [-0.25, -0.2) is 13.2 Å². The highest BCUT2D eigenvalue weighted by atomic mass is 32.2. The minimum Gasteiger partial charge on any atom is -0.508 e. The summed E-state index contributed by atoms with van der Waals surface area (Å²) in [6.07, 6.45) is -6.61. The topological polar surface area (TPSA) is 589 Å². The van der Waals surface area contributed by atoms with Crippen molar-refractivity contribution in [2.24, 2.45) is 23.1 Å². The summed E-state index contributed by atoms with van der Waals surface area (Å²) in [5.74, 6) is -26.8. The summed E-state index contributed by atoms with van der Waals surface area (Å²) < 4.78 is 45.0. The third-order valence-corrected chi connectivity index (χ3v) is 24.3. The molecule has 3 fully saturated rings. The van der Waals surface area contributed by atoms with E-state index in [9.17, 15) is 63.2 Å². The number of primary amides is 2. The number of phenols is 1. The monoisotopic (exact) mass is 1870 g/mol. The molecule has 0 radical (unpaired) electrons. The van der Waals surface area contributed by atoms with E-state index in [2.05, 4.69) is 52.8 Å². The van der Waals surface area contributed by atoms with Crippen LogP contribution in [-0.2, 0) is 114 Å². The summed E-state index contributed by atoms with van der Waals surface area (Å²) in [7, 11) is 3.54. The SMILES string of the molecule is CCCC[C@H]1C(=O)N2C[C@H](O)C[C@@H]2C(=O)N[C@@H](CC(=O)O)C(=O)N[C@@H](C(C)C)C(=O)N(C)[C@@H](Cc2ccccc2)C(=O)N[C@@H](CCC(N)=O)C(=O)N2C[C@H](O)C[C@@H]2C(=O)N[C@@H](Cc2c[nH]c3ccccc23)C(=O)N[C@@H](Cc2ccc(O)cc2)C(=O)N[C@@H](CN)C(=O)N[C@H](C(=O)NCC(N)=O)CSCC(=O)N[C@@H](Cc2cc(F)c(F)c(F)c2)C(=O)N(C)[C@@H](Cc2ccccc2)C(=O)N1C. The average Bonchev–Trinajstić information content (AvgIpc) is 1.69. The molecule has 9 rings (SSSR count). The van der Waals surface area contributed by atoms with E-state index in [-0.39, 0.29) is 43.4 Å². The van der Waals surface area contributed by atoms with Crippen LogP contribution >= 0.6 is 11.8 Å². The van der Waals surface area contributed by atoms with Crippen LogP contribution in [0.4, 0.5) is 13.2 Å². The van der Waals surface area contributed by atoms with Crippen molar-refractivity contribution < 1.29 is 115 Å². The summed E-state index contributed by atoms with van der Waals surface area (Å²) in [5.41, 5.74) is 19.0. The molecule has 0 bridgehead atoms. The number of aromatic nitrogens is 1. The predicted molar refractivity (Wildman–Crippen MR) is 475 cm³/mol. The van der Waals surface area contributed by atoms with Crippen LogP contribution in [-0.4, -0.2) is 300 Å². The first-order valence-corrected chi connectivity index (χ1v) is 44.4. The standard InChI is InChI=1S/C90H113F3N18O21S/c1-7-8-23-67-89(131)111-44-55(114)38-70(111)85(127)103-63(39-75(118)119)81(123)106-77(47(2)3)90(132)108(5)68(34-48-17-11-9-12-18-48)83(125)100-60(28-29-72(95)115)87(129)110-43-54(113)37-69(110)84(126)102-62(36-52-41-97-59-22-16-15-21-56(52)59)80(122)101-61(32-50-24-26-53(112)27-25-50)79(121)104-65(40-94)82(124)105-66(78(120)98-42-73(96)116)45-133-46-74(117)99-64(33-51-30-57(91)76(93)58(92)31-51)86(128)109(6)71(88(130)107(67)4)35-49-19-13-10-14-20-49/h9-22,24-27,30-31,41,47,54-55,60-71,77,97,112-114H,7-8,23,28-29,32-40,42-46,94H2,1-6H3,(H2,95,115)(H2,96,116)(H,98,120)(H,99,117)(H,100,125)(H,101,122)(H,102,126)(H,103,127)(H,104,121)(H,105,124)(H,106,123)(H,118,119)/t54-,55-,60+,61+,62+,63+,64+,65+,66+,67+,68+,69-,70-,71+,77+/m1/s1. The van der Waals surface area contributed by atoms with Gasteiger partial charge in [-0.2, -0.15) is 0 Å². The third kappa shape index (κ3) is 28.3. The molecule has 6 aromatic rings. The van der Waals surface area contributed by atoms with Crippen LogP contribution in [0.5, 0.6) is 5.75 Å². The molecule has 5 aromatic carbocycles. The van der Waals surface area contributed by atoms with E-state index in [0.717, 1.165) is 31.5 Å². The zero-order chi connectivity index (χ0) is 97.4. The number of aliphatic carboxylic acids is 1. The second-order valence-corrected chi connectivity index (χ2v) is 34.5. The molecule has 16 amide bonds. The molecule has 133 heavy (non-hydrogen) atoms. The molecule has 1 aromatic heterocycles. The van der Waals surface area contributed by atoms with Gasteiger partial charge in [-0.15, -0.1) is 11.8 Å². The van der Waals surface area contributed by atoms with Crippen LogP contribution in [0.1, 0.15) is 100.0 Å². The number of fused-ring (bicyclic) bond motifs is 3. The van der Waals surface area contributed by atoms with Crippen LogP contribution in [0.3, 0.4) is 0 Å². The number of nitrogens with one attached hydrogen (secondary N) is 10. The lowest BCUT2D eigenvalue weighted by Gasteiger charge is -2.38. The number of H-pyrrole nitrogens is 1. The molecule has 3 saturated heterocycles. The Morgan fingerprint density at radius 3 is 1.59 bits per heavy atom. The number of hydrogen-bond donors (Lipinski definition) is 17. The zero-order valence-electron chi connectivity index (χ0n) is 74.0. The van der Waals surface area contributed by atoms with Gasteiger partial charge >= 0.3 is 5.97 Å². The van der Waals surface area contributed by atoms with Gasteiger partial charge in [0, 0.05) is 115 Å². The molecular formula is C90H113F3N18O21S. The zero-order valence-corrected chi connectivity index (χ0v) is 74.9. The number of amides is 16. The van der Waals surface area contributed by atoms with Crippen molar-refractivity contribution in [1.82, 2.24) is 77.3 Å². The fourth-order valence-electron chi connectivity index (χ4n) is 16.0. The van der Waals surface area contributed by atoms with E-state index in [0.29, 0.717) is 57.9 Å². The Hall–Kier alpha value is -13.6. The lowest BCUT2D eigenvalue weighted by atomic mass is 9.98. The van der Waals surface area contributed by atoms with Crippen molar-refractivity contribution in [1.29, 1.82) is 0 Å². The first-order valence-electron chi connectivity index (χ1n) is 43.2. The van der Waals surface area contributed by atoms with Gasteiger partial charge in [-0.05, 0) is 76.9 Å². The summed E-state index contributed by atoms with van der Waals surface area (Å²) >= 11 is 0.606. The number of thioether (sulfide) groups is 1. The third-order valence-electron chi connectivity index (χ3n) is 23.3. The smallest absolute Gasteiger partial charge is 0.305 e. The number of aromatic amines is 1. The number of nitrogens with zero attached hydrogens (tertiary/aromatic N) is 5. The van der Waals surface area contributed by atoms with Crippen molar-refractivity contribution in [2.75, 3.05) is 58.8 Å². The van der Waals surface area contributed by atoms with Crippen LogP contribution < -0.4 is 65.1 Å². The van der Waals surface area contributed by atoms with E-state index >= 15 is 51.9 Å². The molecule has 716 valence electrons. The molecule has 43 heteroatoms. The van der Waals surface area contributed by atoms with Crippen LogP contribution in [0, 0.1) is 23.4 Å². The minimum absolute atomic E-state index is 0.151. The second-order valence-electron chi connectivity index (χ2n) is 33.5. The maximum atomic E-state index is 15.7. The van der Waals surface area contributed by atoms with Crippen molar-refractivity contribution in [3.63, 3.8) is 0 Å². The Morgan fingerprint density at radius 1 is 0.519 bits per heavy atom. The number of phenolic OH excluding ortho intramolecular Hbond substituents is 1. The van der Waals surface area contributed by atoms with Gasteiger partial charge in [0.05, 0.1) is 30.9 Å². The number of hydrogen-bond acceptors (Lipinski definition) is 22. The van der Waals surface area contributed by atoms with Crippen LogP contribution in [0.2, 0.25) is 0 Å². The number of rotatable bonds is 23. The van der Waals surface area contributed by atoms with Gasteiger partial charge in [-0.1, -0.05) is 125 Å². The minimum atomic E-state index is -2.07. The maximum absolute atomic E-state index is 15.7. The summed E-state index contributed by atoms with van der Waals surface area (Å²) in [5, 5.41) is 66.6. The number of carboxylic acids is 1. The van der Waals surface area contributed by atoms with Gasteiger partial charge in [0.1, 0.15) is 84.3 Å². The lowest BCUT2D eigenvalue weighted by molar-refractivity contribution is -0.152. The van der Waals surface area contributed by atoms with E-state index in [1.54, 1.807) is 91.9 Å². The molecule has 3 aliphatic heterocycles. The van der Waals surface area contributed by atoms with Crippen LogP contribution in [0.25, 0.3) is 10.9 Å². The molecule has 20 N–H and O–H groups in total. The summed E-state index contributed by atoms with van der Waals surface area (Å²) in [4.78, 5) is 257. The molecule has 0 unspecified atom stereocenters. The second kappa shape index (κ2) is 48.0. The quantitative estimate of drug-likeness (QED) is 0.0308. The molecule has 3 aliphatic rings. The number of aromatic hydroxyl groups is 1. The summed E-state index contributed by atoms with van der Waals surface area (Å²) in [6.45, 7) is 1.99. The molecular weight excluding hydrogens is 1760 g/mol. The summed E-state index contributed by atoms with van der Waals surface area (Å²) in [6, 6.07) is 6.50. The van der Waals surface area contributed by atoms with Crippen molar-refractivity contribution >= 4 is 123 Å². The highest BCUT2D eigenvalue weighted by molar-refractivity contribution is 8.00. The van der Waals surface area contributed by atoms with E-state index in [1.165, 1.54) is 58.4 Å². The number of aliphatic hydroxyl groups is 2. The normalized spacial score (nSPS) is 24.7. The molecule has 4 heterocycles. The number of nitrogens with two attached hydrogens (primary N) is 3. The number of carboxylic acid groups (broad SMARTS) is 1. The average molecular weight is 1870 g/mol. The highest BCUT2D eigenvalue weighted by Crippen LogP contribution is 2.29. The molecule has 15 atom stereocenters. The van der Waals surface area contributed by atoms with Gasteiger partial charge in [0.25, 0.3) is 0 Å². The Morgan fingerprint density at radius 2 is 1.02 bits per heavy atom. The largest absolute Gasteiger partial charge is 0.508 e. The fraction of sp³-hybridized carbons (Fsp3) is 0.456. The number of unbranched alkanes of at least 4 members (excludes halogenated alkanes) is 1. The molecule has 39 nitrogen and oxygen atoms in total. The first kappa shape index (κ1) is 103. The van der Waals surface area contributed by atoms with Crippen LogP contribution in [0.15, 0.2) is 128 Å².